The molecular formula is C17H16N4O3. The van der Waals surface area contributed by atoms with Gasteiger partial charge in [-0.2, -0.15) is 4.52 Å². The Morgan fingerprint density at radius 3 is 2.58 bits per heavy atom. The number of carbonyl (C=O) groups is 1. The number of fused-ring (bicyclic) bond motifs is 1. The summed E-state index contributed by atoms with van der Waals surface area (Å²) in [5.41, 5.74) is 1.03. The molecule has 1 saturated heterocycles. The van der Waals surface area contributed by atoms with Gasteiger partial charge in [0.05, 0.1) is 18.9 Å². The molecule has 0 aliphatic carbocycles. The van der Waals surface area contributed by atoms with Crippen molar-refractivity contribution in [3.8, 4) is 5.69 Å². The van der Waals surface area contributed by atoms with Gasteiger partial charge in [-0.05, 0) is 12.1 Å². The molecule has 1 fully saturated rings. The summed E-state index contributed by atoms with van der Waals surface area (Å²) < 4.78 is 8.37. The number of morpholine rings is 1. The second kappa shape index (κ2) is 5.93. The number of benzene rings is 1. The fourth-order valence-electron chi connectivity index (χ4n) is 2.85. The highest BCUT2D eigenvalue weighted by atomic mass is 16.5. The van der Waals surface area contributed by atoms with Crippen LogP contribution in [0, 0.1) is 0 Å². The molecule has 2 aromatic heterocycles. The lowest BCUT2D eigenvalue weighted by molar-refractivity contribution is 0.0301. The fourth-order valence-corrected chi connectivity index (χ4v) is 2.85. The molecule has 122 valence electrons. The van der Waals surface area contributed by atoms with Gasteiger partial charge in [0.15, 0.2) is 5.65 Å². The Kier molecular flexibility index (Phi) is 3.62. The highest BCUT2D eigenvalue weighted by molar-refractivity contribution is 5.93. The third kappa shape index (κ3) is 2.39. The summed E-state index contributed by atoms with van der Waals surface area (Å²) in [5.74, 6) is -0.300. The number of hydrogen-bond donors (Lipinski definition) is 0. The van der Waals surface area contributed by atoms with Gasteiger partial charge in [-0.3, -0.25) is 14.3 Å². The monoisotopic (exact) mass is 324 g/mol. The third-order valence-electron chi connectivity index (χ3n) is 4.10. The number of carbonyl (C=O) groups excluding carboxylic acids is 1. The summed E-state index contributed by atoms with van der Waals surface area (Å²) >= 11 is 0. The quantitative estimate of drug-likeness (QED) is 0.704. The predicted octanol–water partition coefficient (Wildman–Crippen LogP) is 0.958. The van der Waals surface area contributed by atoms with E-state index in [0.29, 0.717) is 32.0 Å². The van der Waals surface area contributed by atoms with Crippen molar-refractivity contribution in [2.24, 2.45) is 0 Å². The van der Waals surface area contributed by atoms with E-state index in [-0.39, 0.29) is 17.0 Å². The lowest BCUT2D eigenvalue weighted by atomic mass is 10.2. The van der Waals surface area contributed by atoms with Crippen LogP contribution in [0.4, 0.5) is 0 Å². The van der Waals surface area contributed by atoms with Crippen LogP contribution in [0.1, 0.15) is 10.4 Å². The first-order valence-electron chi connectivity index (χ1n) is 7.77. The van der Waals surface area contributed by atoms with Gasteiger partial charge in [-0.25, -0.2) is 4.98 Å². The molecule has 0 spiro atoms. The largest absolute Gasteiger partial charge is 0.378 e. The van der Waals surface area contributed by atoms with Gasteiger partial charge < -0.3 is 9.64 Å². The van der Waals surface area contributed by atoms with Crippen LogP contribution in [0.2, 0.25) is 0 Å². The van der Waals surface area contributed by atoms with E-state index in [2.05, 4.69) is 4.98 Å². The first kappa shape index (κ1) is 14.6. The van der Waals surface area contributed by atoms with E-state index < -0.39 is 0 Å². The molecule has 4 rings (SSSR count). The van der Waals surface area contributed by atoms with Crippen LogP contribution in [0.25, 0.3) is 11.3 Å². The molecule has 0 unspecified atom stereocenters. The van der Waals surface area contributed by atoms with E-state index in [9.17, 15) is 9.59 Å². The second-order valence-corrected chi connectivity index (χ2v) is 5.55. The van der Waals surface area contributed by atoms with Crippen LogP contribution in [-0.4, -0.2) is 51.3 Å². The van der Waals surface area contributed by atoms with Crippen molar-refractivity contribution < 1.29 is 9.53 Å². The second-order valence-electron chi connectivity index (χ2n) is 5.55. The first-order chi connectivity index (χ1) is 11.8. The molecule has 1 aromatic carbocycles. The molecule has 1 aliphatic heterocycles. The molecule has 0 saturated carbocycles. The molecule has 24 heavy (non-hydrogen) atoms. The molecule has 0 N–H and O–H groups in total. The van der Waals surface area contributed by atoms with Crippen molar-refractivity contribution >= 4 is 11.6 Å². The van der Waals surface area contributed by atoms with E-state index in [0.717, 1.165) is 5.69 Å². The number of nitrogens with zero attached hydrogens (tertiary/aromatic N) is 4. The fraction of sp³-hybridized carbons (Fsp3) is 0.235. The van der Waals surface area contributed by atoms with Crippen LogP contribution in [0.15, 0.2) is 53.6 Å². The van der Waals surface area contributed by atoms with Gasteiger partial charge >= 0.3 is 0 Å². The minimum Gasteiger partial charge on any atom is -0.378 e. The van der Waals surface area contributed by atoms with Crippen molar-refractivity contribution in [2.45, 2.75) is 0 Å². The Bertz CT molecular complexity index is 939. The van der Waals surface area contributed by atoms with E-state index >= 15 is 0 Å². The number of rotatable bonds is 2. The minimum absolute atomic E-state index is 0.0743. The Balaban J connectivity index is 1.83. The number of amides is 1. The zero-order valence-electron chi connectivity index (χ0n) is 13.0. The van der Waals surface area contributed by atoms with E-state index in [1.807, 2.05) is 30.3 Å². The SMILES string of the molecule is O=C(c1cnc2ccn(-c3ccccc3)n2c1=O)N1CCOCC1. The van der Waals surface area contributed by atoms with Gasteiger partial charge in [0, 0.05) is 31.5 Å². The van der Waals surface area contributed by atoms with Crippen molar-refractivity contribution in [2.75, 3.05) is 26.3 Å². The van der Waals surface area contributed by atoms with Crippen LogP contribution in [0.3, 0.4) is 0 Å². The summed E-state index contributed by atoms with van der Waals surface area (Å²) in [7, 11) is 0. The normalized spacial score (nSPS) is 14.9. The molecular weight excluding hydrogens is 308 g/mol. The number of hydrogen-bond acceptors (Lipinski definition) is 4. The van der Waals surface area contributed by atoms with Crippen molar-refractivity contribution in [3.63, 3.8) is 0 Å². The Labute approximate surface area is 137 Å². The topological polar surface area (TPSA) is 68.8 Å². The summed E-state index contributed by atoms with van der Waals surface area (Å²) in [6.45, 7) is 1.95. The van der Waals surface area contributed by atoms with Crippen LogP contribution in [-0.2, 0) is 4.74 Å². The first-order valence-corrected chi connectivity index (χ1v) is 7.77. The van der Waals surface area contributed by atoms with E-state index in [4.69, 9.17) is 4.74 Å². The molecule has 0 atom stereocenters. The van der Waals surface area contributed by atoms with Crippen LogP contribution < -0.4 is 5.56 Å². The molecule has 0 bridgehead atoms. The zero-order chi connectivity index (χ0) is 16.5. The lowest BCUT2D eigenvalue weighted by Gasteiger charge is -2.26. The smallest absolute Gasteiger partial charge is 0.286 e. The Morgan fingerprint density at radius 2 is 1.83 bits per heavy atom. The maximum Gasteiger partial charge on any atom is 0.286 e. The molecule has 3 heterocycles. The highest BCUT2D eigenvalue weighted by Crippen LogP contribution is 2.10. The van der Waals surface area contributed by atoms with Crippen molar-refractivity contribution in [3.05, 3.63) is 64.7 Å². The number of para-hydroxylation sites is 1. The molecule has 1 aliphatic rings. The van der Waals surface area contributed by atoms with Crippen molar-refractivity contribution in [1.82, 2.24) is 19.1 Å². The van der Waals surface area contributed by atoms with Gasteiger partial charge in [0.2, 0.25) is 0 Å². The average molecular weight is 324 g/mol. The van der Waals surface area contributed by atoms with E-state index in [1.165, 1.54) is 10.7 Å². The number of ether oxygens (including phenoxy) is 1. The zero-order valence-corrected chi connectivity index (χ0v) is 13.0. The standard InChI is InChI=1S/C17H16N4O3/c22-16(19-8-10-24-11-9-19)14-12-18-15-6-7-20(21(15)17(14)23)13-4-2-1-3-5-13/h1-7,12H,8-11H2. The van der Waals surface area contributed by atoms with Crippen molar-refractivity contribution in [1.29, 1.82) is 0 Å². The summed E-state index contributed by atoms with van der Waals surface area (Å²) in [5, 5.41) is 0. The minimum atomic E-state index is -0.370. The lowest BCUT2D eigenvalue weighted by Crippen LogP contribution is -2.43. The van der Waals surface area contributed by atoms with Gasteiger partial charge in [0.25, 0.3) is 11.5 Å². The Morgan fingerprint density at radius 1 is 1.08 bits per heavy atom. The van der Waals surface area contributed by atoms with Gasteiger partial charge in [-0.1, -0.05) is 18.2 Å². The van der Waals surface area contributed by atoms with Crippen LogP contribution in [0.5, 0.6) is 0 Å². The third-order valence-corrected chi connectivity index (χ3v) is 4.10. The summed E-state index contributed by atoms with van der Waals surface area (Å²) in [6.07, 6.45) is 3.13. The predicted molar refractivity (Wildman–Crippen MR) is 87.5 cm³/mol. The highest BCUT2D eigenvalue weighted by Gasteiger charge is 2.23. The molecule has 0 radical (unpaired) electrons. The maximum absolute atomic E-state index is 12.9. The van der Waals surface area contributed by atoms with Gasteiger partial charge in [0.1, 0.15) is 5.56 Å². The summed E-state index contributed by atoms with van der Waals surface area (Å²) in [4.78, 5) is 31.4. The molecule has 7 nitrogen and oxygen atoms in total. The number of aromatic nitrogens is 3. The van der Waals surface area contributed by atoms with Gasteiger partial charge in [-0.15, -0.1) is 0 Å². The molecule has 3 aromatic rings. The van der Waals surface area contributed by atoms with Crippen LogP contribution >= 0.6 is 0 Å². The average Bonchev–Trinajstić information content (AvgIpc) is 3.08. The Hall–Kier alpha value is -2.93. The molecule has 1 amide bonds. The summed E-state index contributed by atoms with van der Waals surface area (Å²) in [6, 6.07) is 11.2. The maximum atomic E-state index is 12.9. The van der Waals surface area contributed by atoms with E-state index in [1.54, 1.807) is 21.8 Å². The molecule has 7 heteroatoms.